The molecule has 9 N–H and O–H groups in total. The van der Waals surface area contributed by atoms with Crippen LogP contribution in [0.5, 0.6) is 23.0 Å². The van der Waals surface area contributed by atoms with Gasteiger partial charge in [0.25, 0.3) is 0 Å². The molecule has 6 atom stereocenters. The molecule has 12 heteroatoms. The lowest BCUT2D eigenvalue weighted by atomic mass is 9.74. The van der Waals surface area contributed by atoms with E-state index in [-0.39, 0.29) is 44.7 Å². The van der Waals surface area contributed by atoms with E-state index in [4.69, 9.17) is 15.2 Å². The fourth-order valence-electron chi connectivity index (χ4n) is 5.77. The molecule has 1 unspecified atom stereocenters. The van der Waals surface area contributed by atoms with Crippen LogP contribution in [0.25, 0.3) is 21.5 Å². The summed E-state index contributed by atoms with van der Waals surface area (Å²) in [6, 6.07) is 3.54. The van der Waals surface area contributed by atoms with Gasteiger partial charge in [0.1, 0.15) is 35.2 Å². The molecule has 0 saturated carbocycles. The molecule has 1 heterocycles. The zero-order valence-electron chi connectivity index (χ0n) is 20.9. The van der Waals surface area contributed by atoms with Crippen molar-refractivity contribution >= 4 is 33.6 Å². The SMILES string of the molecule is CC1O[C@@H](O[C@H]2C[C@](O)(C(=O)CO)Cc3c2c(O)c2c(O)c4c(C=O)cccc4c(O)c2c3O)C[C@@H](N)[C@@H]1O. The molecular formula is C27H29NO11. The number of carbonyl (C=O) groups is 2. The molecule has 2 aliphatic rings. The molecule has 0 spiro atoms. The number of benzene rings is 3. The Bertz CT molecular complexity index is 1490. The number of carbonyl (C=O) groups excluding carboxylic acids is 2. The summed E-state index contributed by atoms with van der Waals surface area (Å²) in [5.41, 5.74) is 3.54. The van der Waals surface area contributed by atoms with Gasteiger partial charge in [-0.3, -0.25) is 9.59 Å². The molecule has 5 rings (SSSR count). The van der Waals surface area contributed by atoms with Gasteiger partial charge in [0.05, 0.1) is 29.1 Å². The number of rotatable bonds is 5. The van der Waals surface area contributed by atoms with Gasteiger partial charge in [0.2, 0.25) is 0 Å². The molecule has 1 saturated heterocycles. The summed E-state index contributed by atoms with van der Waals surface area (Å²) in [6.07, 6.45) is -4.63. The highest BCUT2D eigenvalue weighted by Gasteiger charge is 2.48. The highest BCUT2D eigenvalue weighted by Crippen LogP contribution is 2.56. The fraction of sp³-hybridized carbons (Fsp3) is 0.407. The average Bonchev–Trinajstić information content (AvgIpc) is 2.90. The Labute approximate surface area is 221 Å². The fourth-order valence-corrected chi connectivity index (χ4v) is 5.77. The second-order valence-corrected chi connectivity index (χ2v) is 10.2. The maximum atomic E-state index is 12.6. The van der Waals surface area contributed by atoms with Gasteiger partial charge in [0, 0.05) is 52.8 Å². The van der Waals surface area contributed by atoms with Gasteiger partial charge in [-0.15, -0.1) is 0 Å². The topological polar surface area (TPSA) is 220 Å². The second-order valence-electron chi connectivity index (χ2n) is 10.2. The van der Waals surface area contributed by atoms with Crippen molar-refractivity contribution < 1.29 is 54.8 Å². The Hall–Kier alpha value is -3.52. The number of hydrogen-bond donors (Lipinski definition) is 8. The predicted molar refractivity (Wildman–Crippen MR) is 136 cm³/mol. The van der Waals surface area contributed by atoms with Crippen LogP contribution in [0.4, 0.5) is 0 Å². The second kappa shape index (κ2) is 9.59. The third kappa shape index (κ3) is 4.07. The minimum Gasteiger partial charge on any atom is -0.507 e. The number of nitrogens with two attached hydrogens (primary N) is 1. The summed E-state index contributed by atoms with van der Waals surface area (Å²) in [4.78, 5) is 24.3. The molecule has 0 radical (unpaired) electrons. The number of aliphatic hydroxyl groups is 3. The Balaban J connectivity index is 1.77. The number of hydrogen-bond acceptors (Lipinski definition) is 12. The highest BCUT2D eigenvalue weighted by atomic mass is 16.7. The van der Waals surface area contributed by atoms with Crippen LogP contribution in [0.3, 0.4) is 0 Å². The first-order valence-electron chi connectivity index (χ1n) is 12.4. The van der Waals surface area contributed by atoms with E-state index in [0.717, 1.165) is 0 Å². The third-order valence-electron chi connectivity index (χ3n) is 7.82. The highest BCUT2D eigenvalue weighted by molar-refractivity contribution is 6.18. The first-order chi connectivity index (χ1) is 18.4. The number of ether oxygens (including phenoxy) is 2. The normalized spacial score (nSPS) is 28.9. The van der Waals surface area contributed by atoms with Crippen LogP contribution in [0.1, 0.15) is 47.4 Å². The zero-order chi connectivity index (χ0) is 28.4. The van der Waals surface area contributed by atoms with E-state index in [2.05, 4.69) is 0 Å². The zero-order valence-corrected chi connectivity index (χ0v) is 20.9. The van der Waals surface area contributed by atoms with Crippen LogP contribution < -0.4 is 5.73 Å². The minimum atomic E-state index is -2.23. The van der Waals surface area contributed by atoms with Crippen LogP contribution in [0.15, 0.2) is 18.2 Å². The van der Waals surface area contributed by atoms with E-state index in [1.54, 1.807) is 6.92 Å². The Morgan fingerprint density at radius 3 is 2.46 bits per heavy atom. The monoisotopic (exact) mass is 543 g/mol. The predicted octanol–water partition coefficient (Wildman–Crippen LogP) is 0.747. The standard InChI is InChI=1S/C27H29NO11/c1-10-22(32)14(28)5-17(38-10)39-15-7-27(37,16(31)9-30)6-13-19(15)26(36)21-20(24(13)34)23(33)12-4-2-3-11(8-29)18(12)25(21)35/h2-4,8,10,14-15,17,22,30,32-37H,5-7,9,28H2,1H3/t10?,14-,15+,17+,22-,27+/m1/s1. The number of aldehydes is 1. The van der Waals surface area contributed by atoms with Crippen molar-refractivity contribution in [2.45, 2.75) is 62.4 Å². The molecule has 3 aromatic carbocycles. The lowest BCUT2D eigenvalue weighted by Crippen LogP contribution is -2.52. The van der Waals surface area contributed by atoms with E-state index in [9.17, 15) is 45.3 Å². The molecule has 1 aliphatic carbocycles. The molecule has 1 fully saturated rings. The van der Waals surface area contributed by atoms with E-state index in [0.29, 0.717) is 6.29 Å². The number of aromatic hydroxyl groups is 4. The van der Waals surface area contributed by atoms with E-state index in [1.807, 2.05) is 0 Å². The number of phenols is 4. The van der Waals surface area contributed by atoms with Crippen molar-refractivity contribution in [1.29, 1.82) is 0 Å². The number of aliphatic hydroxyl groups excluding tert-OH is 2. The van der Waals surface area contributed by atoms with E-state index in [1.165, 1.54) is 18.2 Å². The molecule has 39 heavy (non-hydrogen) atoms. The average molecular weight is 544 g/mol. The van der Waals surface area contributed by atoms with E-state index < -0.39 is 84.5 Å². The first-order valence-corrected chi connectivity index (χ1v) is 12.4. The first kappa shape index (κ1) is 27.1. The van der Waals surface area contributed by atoms with Gasteiger partial charge in [0.15, 0.2) is 18.4 Å². The summed E-state index contributed by atoms with van der Waals surface area (Å²) in [6.45, 7) is 0.561. The summed E-state index contributed by atoms with van der Waals surface area (Å²) < 4.78 is 11.7. The quantitative estimate of drug-likeness (QED) is 0.127. The van der Waals surface area contributed by atoms with Crippen LogP contribution in [0, 0.1) is 0 Å². The van der Waals surface area contributed by atoms with Gasteiger partial charge in [-0.1, -0.05) is 18.2 Å². The molecule has 0 amide bonds. The molecule has 208 valence electrons. The van der Waals surface area contributed by atoms with Gasteiger partial charge in [-0.05, 0) is 6.92 Å². The third-order valence-corrected chi connectivity index (χ3v) is 7.82. The lowest BCUT2D eigenvalue weighted by Gasteiger charge is -2.41. The van der Waals surface area contributed by atoms with Crippen molar-refractivity contribution in [3.8, 4) is 23.0 Å². The number of fused-ring (bicyclic) bond motifs is 3. The molecule has 0 aromatic heterocycles. The maximum Gasteiger partial charge on any atom is 0.190 e. The summed E-state index contributed by atoms with van der Waals surface area (Å²) in [7, 11) is 0. The smallest absolute Gasteiger partial charge is 0.190 e. The summed E-state index contributed by atoms with van der Waals surface area (Å²) >= 11 is 0. The minimum absolute atomic E-state index is 0.0155. The van der Waals surface area contributed by atoms with Crippen molar-refractivity contribution in [3.63, 3.8) is 0 Å². The van der Waals surface area contributed by atoms with E-state index >= 15 is 0 Å². The van der Waals surface area contributed by atoms with Gasteiger partial charge >= 0.3 is 0 Å². The van der Waals surface area contributed by atoms with Gasteiger partial charge in [-0.25, -0.2) is 0 Å². The van der Waals surface area contributed by atoms with Gasteiger partial charge < -0.3 is 51.0 Å². The van der Waals surface area contributed by atoms with Crippen molar-refractivity contribution in [3.05, 3.63) is 34.9 Å². The lowest BCUT2D eigenvalue weighted by molar-refractivity contribution is -0.247. The Kier molecular flexibility index (Phi) is 6.66. The Morgan fingerprint density at radius 1 is 1.13 bits per heavy atom. The molecular weight excluding hydrogens is 514 g/mol. The molecule has 12 nitrogen and oxygen atoms in total. The number of phenolic OH excluding ortho intramolecular Hbond substituents is 4. The maximum absolute atomic E-state index is 12.6. The van der Waals surface area contributed by atoms with Crippen LogP contribution in [-0.2, 0) is 20.7 Å². The molecule has 3 aromatic rings. The van der Waals surface area contributed by atoms with Crippen molar-refractivity contribution in [2.24, 2.45) is 5.73 Å². The number of ketones is 1. The van der Waals surface area contributed by atoms with Gasteiger partial charge in [-0.2, -0.15) is 0 Å². The van der Waals surface area contributed by atoms with Crippen LogP contribution in [-0.4, -0.2) is 84.6 Å². The van der Waals surface area contributed by atoms with Crippen molar-refractivity contribution in [1.82, 2.24) is 0 Å². The Morgan fingerprint density at radius 2 is 1.82 bits per heavy atom. The number of Topliss-reactive ketones (excluding diaryl/α,β-unsaturated/α-hetero) is 1. The van der Waals surface area contributed by atoms with Crippen LogP contribution >= 0.6 is 0 Å². The van der Waals surface area contributed by atoms with Crippen LogP contribution in [0.2, 0.25) is 0 Å². The van der Waals surface area contributed by atoms with Crippen molar-refractivity contribution in [2.75, 3.05) is 6.61 Å². The summed E-state index contributed by atoms with van der Waals surface area (Å²) in [5, 5.41) is 75.3. The molecule has 1 aliphatic heterocycles. The molecule has 0 bridgehead atoms. The largest absolute Gasteiger partial charge is 0.507 e. The summed E-state index contributed by atoms with van der Waals surface area (Å²) in [5.74, 6) is -3.38.